The number of carboxylic acid groups (broad SMARTS) is 1. The van der Waals surface area contributed by atoms with Crippen LogP contribution >= 0.6 is 43.5 Å². The average Bonchev–Trinajstić information content (AvgIpc) is 1.82. The van der Waals surface area contributed by atoms with Gasteiger partial charge in [0, 0.05) is 8.95 Å². The predicted molar refractivity (Wildman–Crippen MR) is 53.8 cm³/mol. The maximum atomic E-state index is 10.6. The van der Waals surface area contributed by atoms with Crippen molar-refractivity contribution in [2.24, 2.45) is 0 Å². The van der Waals surface area contributed by atoms with Crippen LogP contribution in [0.5, 0.6) is 0 Å². The number of carbonyl (C=O) groups is 1. The van der Waals surface area contributed by atoms with Crippen LogP contribution in [0.4, 0.5) is 0 Å². The summed E-state index contributed by atoms with van der Waals surface area (Å²) in [6.45, 7) is 0. The third-order valence-corrected chi connectivity index (χ3v) is 2.60. The Balaban J connectivity index is 3.38. The molecule has 0 bridgehead atoms. The molecule has 0 radical (unpaired) electrons. The second-order valence-corrected chi connectivity index (χ2v) is 4.23. The molecule has 0 unspecified atom stereocenters. The molecule has 0 spiro atoms. The summed E-state index contributed by atoms with van der Waals surface area (Å²) in [4.78, 5) is 10.6. The van der Waals surface area contributed by atoms with Gasteiger partial charge in [-0.15, -0.1) is 0 Å². The molecule has 0 aliphatic carbocycles. The van der Waals surface area contributed by atoms with Crippen LogP contribution in [0.25, 0.3) is 0 Å². The van der Waals surface area contributed by atoms with E-state index in [4.69, 9.17) is 16.7 Å². The molecule has 1 rings (SSSR count). The van der Waals surface area contributed by atoms with Gasteiger partial charge >= 0.3 is 5.97 Å². The highest BCUT2D eigenvalue weighted by Crippen LogP contribution is 2.29. The summed E-state index contributed by atoms with van der Waals surface area (Å²) in [6.07, 6.45) is 0. The Hall–Kier alpha value is -0.0600. The van der Waals surface area contributed by atoms with Gasteiger partial charge in [-0.25, -0.2) is 4.79 Å². The molecule has 0 aromatic heterocycles. The highest BCUT2D eigenvalue weighted by atomic mass is 79.9. The van der Waals surface area contributed by atoms with Gasteiger partial charge in [-0.1, -0.05) is 27.5 Å². The lowest BCUT2D eigenvalue weighted by Gasteiger charge is -2.01. The number of benzene rings is 1. The zero-order valence-electron chi connectivity index (χ0n) is 5.64. The second kappa shape index (κ2) is 3.77. The fourth-order valence-corrected chi connectivity index (χ4v) is 2.69. The maximum absolute atomic E-state index is 10.6. The Morgan fingerprint density at radius 3 is 2.42 bits per heavy atom. The van der Waals surface area contributed by atoms with Gasteiger partial charge in [-0.2, -0.15) is 0 Å². The van der Waals surface area contributed by atoms with Gasteiger partial charge in [0.05, 0.1) is 10.6 Å². The van der Waals surface area contributed by atoms with Crippen LogP contribution < -0.4 is 0 Å². The molecule has 0 saturated heterocycles. The molecule has 64 valence electrons. The number of hydrogen-bond donors (Lipinski definition) is 1. The van der Waals surface area contributed by atoms with E-state index in [0.29, 0.717) is 4.47 Å². The van der Waals surface area contributed by atoms with Crippen molar-refractivity contribution >= 4 is 49.4 Å². The normalized spacial score (nSPS) is 9.92. The van der Waals surface area contributed by atoms with Crippen molar-refractivity contribution in [3.05, 3.63) is 31.7 Å². The van der Waals surface area contributed by atoms with Crippen LogP contribution in [0.2, 0.25) is 5.02 Å². The maximum Gasteiger partial charge on any atom is 0.338 e. The molecule has 2 nitrogen and oxygen atoms in total. The van der Waals surface area contributed by atoms with E-state index in [2.05, 4.69) is 31.9 Å². The first kappa shape index (κ1) is 10.0. The number of carboxylic acids is 1. The van der Waals surface area contributed by atoms with E-state index in [1.54, 1.807) is 6.07 Å². The predicted octanol–water partition coefficient (Wildman–Crippen LogP) is 3.56. The summed E-state index contributed by atoms with van der Waals surface area (Å²) in [5, 5.41) is 8.92. The van der Waals surface area contributed by atoms with Gasteiger partial charge in [-0.3, -0.25) is 0 Å². The van der Waals surface area contributed by atoms with E-state index >= 15 is 0 Å². The van der Waals surface area contributed by atoms with Crippen molar-refractivity contribution in [1.82, 2.24) is 0 Å². The highest BCUT2D eigenvalue weighted by Gasteiger charge is 2.13. The zero-order valence-corrected chi connectivity index (χ0v) is 9.57. The quantitative estimate of drug-likeness (QED) is 0.860. The highest BCUT2D eigenvalue weighted by molar-refractivity contribution is 9.11. The molecule has 1 aromatic rings. The Kier molecular flexibility index (Phi) is 3.15. The van der Waals surface area contributed by atoms with E-state index in [1.165, 1.54) is 6.07 Å². The molecule has 0 aliphatic rings. The van der Waals surface area contributed by atoms with Crippen LogP contribution in [-0.2, 0) is 0 Å². The van der Waals surface area contributed by atoms with Crippen molar-refractivity contribution in [3.63, 3.8) is 0 Å². The molecule has 1 N–H and O–H groups in total. The molecule has 0 fully saturated rings. The Labute approximate surface area is 90.8 Å². The summed E-state index contributed by atoms with van der Waals surface area (Å²) in [7, 11) is 0. The molecular formula is C7H3Br2ClO2. The summed E-state index contributed by atoms with van der Waals surface area (Å²) < 4.78 is 1.21. The second-order valence-electron chi connectivity index (χ2n) is 2.05. The summed E-state index contributed by atoms with van der Waals surface area (Å²) >= 11 is 12.0. The molecule has 0 atom stereocenters. The van der Waals surface area contributed by atoms with Gasteiger partial charge in [0.1, 0.15) is 0 Å². The third-order valence-electron chi connectivity index (χ3n) is 1.22. The van der Waals surface area contributed by atoms with Gasteiger partial charge in [0.25, 0.3) is 0 Å². The minimum Gasteiger partial charge on any atom is -0.478 e. The lowest BCUT2D eigenvalue weighted by Crippen LogP contribution is -1.98. The molecule has 0 amide bonds. The van der Waals surface area contributed by atoms with Gasteiger partial charge in [-0.05, 0) is 28.1 Å². The Bertz CT molecular complexity index is 315. The first-order valence-electron chi connectivity index (χ1n) is 2.90. The number of rotatable bonds is 1. The third kappa shape index (κ3) is 2.00. The van der Waals surface area contributed by atoms with E-state index in [0.717, 1.165) is 4.47 Å². The first-order chi connectivity index (χ1) is 5.52. The topological polar surface area (TPSA) is 37.3 Å². The average molecular weight is 314 g/mol. The minimum atomic E-state index is -1.04. The van der Waals surface area contributed by atoms with E-state index in [-0.39, 0.29) is 10.6 Å². The fourth-order valence-electron chi connectivity index (χ4n) is 0.747. The fraction of sp³-hybridized carbons (Fsp3) is 0. The zero-order chi connectivity index (χ0) is 9.30. The largest absolute Gasteiger partial charge is 0.478 e. The van der Waals surface area contributed by atoms with Crippen molar-refractivity contribution in [2.75, 3.05) is 0 Å². The summed E-state index contributed by atoms with van der Waals surface area (Å²) in [6, 6.07) is 3.17. The van der Waals surface area contributed by atoms with Crippen LogP contribution in [0.1, 0.15) is 10.4 Å². The minimum absolute atomic E-state index is 0.0832. The molecular weight excluding hydrogens is 311 g/mol. The molecule has 12 heavy (non-hydrogen) atoms. The molecule has 0 aliphatic heterocycles. The van der Waals surface area contributed by atoms with Crippen molar-refractivity contribution in [1.29, 1.82) is 0 Å². The number of hydrogen-bond acceptors (Lipinski definition) is 1. The van der Waals surface area contributed by atoms with Crippen molar-refractivity contribution in [2.45, 2.75) is 0 Å². The lowest BCUT2D eigenvalue weighted by molar-refractivity contribution is 0.0696. The van der Waals surface area contributed by atoms with Crippen molar-refractivity contribution in [3.8, 4) is 0 Å². The van der Waals surface area contributed by atoms with Crippen molar-refractivity contribution < 1.29 is 9.90 Å². The molecule has 1 aromatic carbocycles. The Morgan fingerprint density at radius 1 is 1.42 bits per heavy atom. The smallest absolute Gasteiger partial charge is 0.338 e. The van der Waals surface area contributed by atoms with Crippen LogP contribution in [0.15, 0.2) is 21.1 Å². The van der Waals surface area contributed by atoms with Gasteiger partial charge < -0.3 is 5.11 Å². The monoisotopic (exact) mass is 312 g/mol. The van der Waals surface area contributed by atoms with E-state index in [1.807, 2.05) is 0 Å². The van der Waals surface area contributed by atoms with Crippen LogP contribution in [0.3, 0.4) is 0 Å². The van der Waals surface area contributed by atoms with Gasteiger partial charge in [0.15, 0.2) is 0 Å². The summed E-state index contributed by atoms with van der Waals surface area (Å²) in [5.74, 6) is -1.04. The molecule has 0 saturated carbocycles. The Morgan fingerprint density at radius 2 is 2.00 bits per heavy atom. The van der Waals surface area contributed by atoms with Gasteiger partial charge in [0.2, 0.25) is 0 Å². The van der Waals surface area contributed by atoms with Crippen LogP contribution in [0, 0.1) is 0 Å². The number of halogens is 3. The lowest BCUT2D eigenvalue weighted by atomic mass is 10.2. The molecule has 5 heteroatoms. The standard InChI is InChI=1S/C7H3Br2ClO2/c8-3-1-4(9)6(7(11)12)5(10)2-3/h1-2H,(H,11,12). The number of aromatic carboxylic acids is 1. The van der Waals surface area contributed by atoms with E-state index < -0.39 is 5.97 Å². The SMILES string of the molecule is O=C(O)c1c(Cl)cc(Br)cc1Br. The van der Waals surface area contributed by atoms with Crippen LogP contribution in [-0.4, -0.2) is 11.1 Å². The summed E-state index contributed by atoms with van der Waals surface area (Å²) in [5.41, 5.74) is 0.0832. The van der Waals surface area contributed by atoms with E-state index in [9.17, 15) is 4.79 Å². The molecule has 0 heterocycles. The first-order valence-corrected chi connectivity index (χ1v) is 4.86.